The zero-order chi connectivity index (χ0) is 15.6. The first-order chi connectivity index (χ1) is 9.76. The molecule has 1 heterocycles. The summed E-state index contributed by atoms with van der Waals surface area (Å²) >= 11 is 4.97. The smallest absolute Gasteiger partial charge is 0.240 e. The Labute approximate surface area is 129 Å². The summed E-state index contributed by atoms with van der Waals surface area (Å²) in [6.07, 6.45) is 0.382. The van der Waals surface area contributed by atoms with Crippen molar-refractivity contribution >= 4 is 34.1 Å². The van der Waals surface area contributed by atoms with Gasteiger partial charge in [0.05, 0.1) is 22.4 Å². The zero-order valence-electron chi connectivity index (χ0n) is 12.5. The second-order valence-electron chi connectivity index (χ2n) is 6.04. The first kappa shape index (κ1) is 15.4. The van der Waals surface area contributed by atoms with Gasteiger partial charge >= 0.3 is 0 Å². The summed E-state index contributed by atoms with van der Waals surface area (Å²) in [6.45, 7) is 6.06. The second kappa shape index (κ2) is 5.81. The number of amides is 1. The molecule has 0 bridgehead atoms. The number of fused-ring (bicyclic) bond motifs is 1. The molecular formula is C15H20N4OS. The van der Waals surface area contributed by atoms with Gasteiger partial charge in [0.1, 0.15) is 12.4 Å². The van der Waals surface area contributed by atoms with Crippen LogP contribution in [0.3, 0.4) is 0 Å². The number of benzene rings is 1. The van der Waals surface area contributed by atoms with Crippen molar-refractivity contribution in [3.05, 3.63) is 30.1 Å². The van der Waals surface area contributed by atoms with Gasteiger partial charge in [-0.25, -0.2) is 4.98 Å². The minimum atomic E-state index is -0.267. The van der Waals surface area contributed by atoms with Gasteiger partial charge in [-0.05, 0) is 32.9 Å². The van der Waals surface area contributed by atoms with E-state index in [1.54, 1.807) is 0 Å². The monoisotopic (exact) mass is 304 g/mol. The predicted octanol–water partition coefficient (Wildman–Crippen LogP) is 1.78. The first-order valence-corrected chi connectivity index (χ1v) is 7.20. The number of carbonyl (C=O) groups is 1. The lowest BCUT2D eigenvalue weighted by Crippen LogP contribution is -2.42. The van der Waals surface area contributed by atoms with Crippen molar-refractivity contribution in [1.82, 2.24) is 14.9 Å². The Morgan fingerprint density at radius 2 is 2.05 bits per heavy atom. The molecule has 112 valence electrons. The lowest BCUT2D eigenvalue weighted by atomic mass is 10.1. The SMILES string of the molecule is CC(C)(C)NC(=O)Cn1c(CC(N)=S)nc2ccccc21. The van der Waals surface area contributed by atoms with Gasteiger partial charge in [-0.1, -0.05) is 24.4 Å². The molecule has 0 spiro atoms. The van der Waals surface area contributed by atoms with Gasteiger partial charge in [0, 0.05) is 5.54 Å². The van der Waals surface area contributed by atoms with Crippen LogP contribution in [0.25, 0.3) is 11.0 Å². The van der Waals surface area contributed by atoms with Gasteiger partial charge < -0.3 is 15.6 Å². The second-order valence-corrected chi connectivity index (χ2v) is 6.57. The molecule has 6 heteroatoms. The standard InChI is InChI=1S/C15H20N4OS/c1-15(2,3)18-14(20)9-19-11-7-5-4-6-10(11)17-13(19)8-12(16)21/h4-7H,8-9H2,1-3H3,(H2,16,21)(H,18,20). The van der Waals surface area contributed by atoms with E-state index in [4.69, 9.17) is 18.0 Å². The number of nitrogens with two attached hydrogens (primary N) is 1. The third-order valence-electron chi connectivity index (χ3n) is 2.88. The highest BCUT2D eigenvalue weighted by Gasteiger charge is 2.17. The Hall–Kier alpha value is -1.95. The molecule has 1 aromatic heterocycles. The summed E-state index contributed by atoms with van der Waals surface area (Å²) in [5.41, 5.74) is 7.11. The van der Waals surface area contributed by atoms with E-state index in [-0.39, 0.29) is 18.0 Å². The number of nitrogens with zero attached hydrogens (tertiary/aromatic N) is 2. The number of thiocarbonyl (C=S) groups is 1. The summed E-state index contributed by atoms with van der Waals surface area (Å²) in [5.74, 6) is 0.655. The van der Waals surface area contributed by atoms with Crippen molar-refractivity contribution in [2.24, 2.45) is 5.73 Å². The molecule has 0 atom stereocenters. The maximum Gasteiger partial charge on any atom is 0.240 e. The zero-order valence-corrected chi connectivity index (χ0v) is 13.3. The third-order valence-corrected chi connectivity index (χ3v) is 3.03. The van der Waals surface area contributed by atoms with Gasteiger partial charge in [-0.15, -0.1) is 0 Å². The van der Waals surface area contributed by atoms with Crippen LogP contribution < -0.4 is 11.1 Å². The van der Waals surface area contributed by atoms with Crippen molar-refractivity contribution in [2.75, 3.05) is 0 Å². The number of carbonyl (C=O) groups excluding carboxylic acids is 1. The van der Waals surface area contributed by atoms with Crippen LogP contribution in [0.15, 0.2) is 24.3 Å². The minimum Gasteiger partial charge on any atom is -0.393 e. The number of hydrogen-bond donors (Lipinski definition) is 2. The molecule has 0 aliphatic heterocycles. The van der Waals surface area contributed by atoms with Gasteiger partial charge in [0.25, 0.3) is 0 Å². The van der Waals surface area contributed by atoms with E-state index in [1.807, 2.05) is 49.6 Å². The van der Waals surface area contributed by atoms with Gasteiger partial charge in [0.15, 0.2) is 0 Å². The van der Waals surface area contributed by atoms with E-state index < -0.39 is 0 Å². The van der Waals surface area contributed by atoms with Crippen molar-refractivity contribution in [3.63, 3.8) is 0 Å². The van der Waals surface area contributed by atoms with Crippen LogP contribution in [-0.2, 0) is 17.8 Å². The van der Waals surface area contributed by atoms with Crippen LogP contribution in [0.2, 0.25) is 0 Å². The molecule has 1 amide bonds. The molecule has 0 saturated heterocycles. The fourth-order valence-corrected chi connectivity index (χ4v) is 2.32. The maximum absolute atomic E-state index is 12.2. The molecule has 2 aromatic rings. The number of nitrogens with one attached hydrogen (secondary N) is 1. The molecule has 2 rings (SSSR count). The van der Waals surface area contributed by atoms with Crippen LogP contribution >= 0.6 is 12.2 Å². The fraction of sp³-hybridized carbons (Fsp3) is 0.400. The number of aromatic nitrogens is 2. The van der Waals surface area contributed by atoms with Crippen LogP contribution in [0, 0.1) is 0 Å². The molecule has 0 radical (unpaired) electrons. The molecular weight excluding hydrogens is 284 g/mol. The van der Waals surface area contributed by atoms with Crippen molar-refractivity contribution in [2.45, 2.75) is 39.3 Å². The van der Waals surface area contributed by atoms with Crippen LogP contribution in [-0.4, -0.2) is 26.0 Å². The summed E-state index contributed by atoms with van der Waals surface area (Å²) in [4.78, 5) is 17.1. The van der Waals surface area contributed by atoms with Crippen LogP contribution in [0.4, 0.5) is 0 Å². The normalized spacial score (nSPS) is 11.6. The maximum atomic E-state index is 12.2. The number of para-hydroxylation sites is 2. The Bertz CT molecular complexity index is 685. The summed E-state index contributed by atoms with van der Waals surface area (Å²) < 4.78 is 1.87. The quantitative estimate of drug-likeness (QED) is 0.845. The fourth-order valence-electron chi connectivity index (χ4n) is 2.19. The largest absolute Gasteiger partial charge is 0.393 e. The third kappa shape index (κ3) is 4.01. The Balaban J connectivity index is 2.36. The van der Waals surface area contributed by atoms with E-state index in [1.165, 1.54) is 0 Å². The summed E-state index contributed by atoms with van der Waals surface area (Å²) in [5, 5.41) is 2.95. The van der Waals surface area contributed by atoms with E-state index in [2.05, 4.69) is 10.3 Å². The molecule has 1 aromatic carbocycles. The predicted molar refractivity (Wildman–Crippen MR) is 88.1 cm³/mol. The van der Waals surface area contributed by atoms with Crippen molar-refractivity contribution < 1.29 is 4.79 Å². The highest BCUT2D eigenvalue weighted by atomic mass is 32.1. The molecule has 0 saturated carbocycles. The number of rotatable bonds is 4. The Kier molecular flexibility index (Phi) is 4.27. The molecule has 0 aliphatic rings. The summed E-state index contributed by atoms with van der Waals surface area (Å²) in [7, 11) is 0. The lowest BCUT2D eigenvalue weighted by molar-refractivity contribution is -0.123. The van der Waals surface area contributed by atoms with Gasteiger partial charge in [-0.3, -0.25) is 4.79 Å². The molecule has 0 fully saturated rings. The number of hydrogen-bond acceptors (Lipinski definition) is 3. The molecule has 21 heavy (non-hydrogen) atoms. The van der Waals surface area contributed by atoms with Crippen molar-refractivity contribution in [1.29, 1.82) is 0 Å². The van der Waals surface area contributed by atoms with Crippen LogP contribution in [0.1, 0.15) is 26.6 Å². The average molecular weight is 304 g/mol. The average Bonchev–Trinajstić information content (AvgIpc) is 2.64. The highest BCUT2D eigenvalue weighted by molar-refractivity contribution is 7.80. The minimum absolute atomic E-state index is 0.0603. The molecule has 0 unspecified atom stereocenters. The molecule has 0 aliphatic carbocycles. The van der Waals surface area contributed by atoms with E-state index in [0.717, 1.165) is 11.0 Å². The summed E-state index contributed by atoms with van der Waals surface area (Å²) in [6, 6.07) is 7.69. The molecule has 5 nitrogen and oxygen atoms in total. The van der Waals surface area contributed by atoms with E-state index in [0.29, 0.717) is 17.2 Å². The highest BCUT2D eigenvalue weighted by Crippen LogP contribution is 2.16. The Morgan fingerprint density at radius 3 is 2.67 bits per heavy atom. The first-order valence-electron chi connectivity index (χ1n) is 6.80. The van der Waals surface area contributed by atoms with Gasteiger partial charge in [-0.2, -0.15) is 0 Å². The van der Waals surface area contributed by atoms with Crippen molar-refractivity contribution in [3.8, 4) is 0 Å². The number of imidazole rings is 1. The Morgan fingerprint density at radius 1 is 1.38 bits per heavy atom. The lowest BCUT2D eigenvalue weighted by Gasteiger charge is -2.21. The van der Waals surface area contributed by atoms with Gasteiger partial charge in [0.2, 0.25) is 5.91 Å². The van der Waals surface area contributed by atoms with Crippen LogP contribution in [0.5, 0.6) is 0 Å². The van der Waals surface area contributed by atoms with E-state index in [9.17, 15) is 4.79 Å². The molecule has 3 N–H and O–H groups in total. The topological polar surface area (TPSA) is 72.9 Å². The van der Waals surface area contributed by atoms with E-state index >= 15 is 0 Å².